The molecule has 6 nitrogen and oxygen atoms in total. The van der Waals surface area contributed by atoms with E-state index in [0.29, 0.717) is 29.3 Å². The van der Waals surface area contributed by atoms with Gasteiger partial charge in [-0.25, -0.2) is 0 Å². The smallest absolute Gasteiger partial charge is 0.221 e. The van der Waals surface area contributed by atoms with Crippen molar-refractivity contribution < 1.29 is 4.79 Å². The molecule has 0 bridgehead atoms. The summed E-state index contributed by atoms with van der Waals surface area (Å²) >= 11 is 11.7. The lowest BCUT2D eigenvalue weighted by Crippen LogP contribution is -2.35. The molecule has 0 aliphatic heterocycles. The van der Waals surface area contributed by atoms with Crippen LogP contribution in [0.3, 0.4) is 0 Å². The molecule has 0 spiro atoms. The van der Waals surface area contributed by atoms with E-state index in [1.807, 2.05) is 79.0 Å². The van der Waals surface area contributed by atoms with Crippen LogP contribution in [0.1, 0.15) is 23.6 Å². The Hall–Kier alpha value is -2.48. The van der Waals surface area contributed by atoms with Gasteiger partial charge in [-0.1, -0.05) is 53.6 Å². The first-order valence-corrected chi connectivity index (χ1v) is 10.5. The van der Waals surface area contributed by atoms with Crippen molar-refractivity contribution in [2.24, 2.45) is 0 Å². The SMILES string of the molecule is Cc1cccc(-c2n[nH]c(=S)n2CCC(=O)NC[C@H](c2ccccc2Cl)N(C)C)c1. The summed E-state index contributed by atoms with van der Waals surface area (Å²) in [6, 6.07) is 15.7. The van der Waals surface area contributed by atoms with Gasteiger partial charge < -0.3 is 10.2 Å². The van der Waals surface area contributed by atoms with Crippen LogP contribution in [0.25, 0.3) is 11.4 Å². The molecule has 1 atom stereocenters. The van der Waals surface area contributed by atoms with Gasteiger partial charge >= 0.3 is 0 Å². The minimum absolute atomic E-state index is 0.0124. The third kappa shape index (κ3) is 5.36. The zero-order valence-corrected chi connectivity index (χ0v) is 18.9. The number of aromatic nitrogens is 3. The average molecular weight is 444 g/mol. The number of benzene rings is 2. The number of hydrogen-bond donors (Lipinski definition) is 2. The van der Waals surface area contributed by atoms with Crippen LogP contribution < -0.4 is 5.32 Å². The number of carbonyl (C=O) groups is 1. The van der Waals surface area contributed by atoms with Crippen LogP contribution in [-0.4, -0.2) is 46.2 Å². The van der Waals surface area contributed by atoms with Gasteiger partial charge in [0.15, 0.2) is 10.6 Å². The molecule has 1 heterocycles. The van der Waals surface area contributed by atoms with Gasteiger partial charge in [-0.15, -0.1) is 0 Å². The fourth-order valence-corrected chi connectivity index (χ4v) is 3.84. The van der Waals surface area contributed by atoms with Gasteiger partial charge in [0, 0.05) is 30.1 Å². The van der Waals surface area contributed by atoms with Crippen LogP contribution in [0.5, 0.6) is 0 Å². The highest BCUT2D eigenvalue weighted by Gasteiger charge is 2.18. The second-order valence-corrected chi connectivity index (χ2v) is 8.22. The predicted octanol–water partition coefficient (Wildman–Crippen LogP) is 4.38. The summed E-state index contributed by atoms with van der Waals surface area (Å²) in [4.78, 5) is 14.6. The van der Waals surface area contributed by atoms with E-state index >= 15 is 0 Å². The maximum absolute atomic E-state index is 12.6. The standard InChI is InChI=1S/C22H26ClN5OS/c1-15-7-6-8-16(13-15)21-25-26-22(30)28(21)12-11-20(29)24-14-19(27(2)3)17-9-4-5-10-18(17)23/h4-10,13,19H,11-12,14H2,1-3H3,(H,24,29)(H,26,30)/t19-/m1/s1. The summed E-state index contributed by atoms with van der Waals surface area (Å²) in [7, 11) is 3.94. The van der Waals surface area contributed by atoms with E-state index in [1.54, 1.807) is 0 Å². The quantitative estimate of drug-likeness (QED) is 0.507. The number of aromatic amines is 1. The first-order valence-electron chi connectivity index (χ1n) is 9.76. The van der Waals surface area contributed by atoms with Gasteiger partial charge in [0.1, 0.15) is 0 Å². The van der Waals surface area contributed by atoms with Gasteiger partial charge in [-0.05, 0) is 50.9 Å². The maximum atomic E-state index is 12.6. The molecule has 2 aromatic carbocycles. The highest BCUT2D eigenvalue weighted by molar-refractivity contribution is 7.71. The topological polar surface area (TPSA) is 66.0 Å². The molecule has 1 aromatic heterocycles. The summed E-state index contributed by atoms with van der Waals surface area (Å²) < 4.78 is 2.36. The zero-order valence-electron chi connectivity index (χ0n) is 17.4. The van der Waals surface area contributed by atoms with Crippen LogP contribution in [0.4, 0.5) is 0 Å². The van der Waals surface area contributed by atoms with E-state index in [1.165, 1.54) is 0 Å². The van der Waals surface area contributed by atoms with Crippen molar-refractivity contribution in [3.63, 3.8) is 0 Å². The Balaban J connectivity index is 1.65. The number of nitrogens with one attached hydrogen (secondary N) is 2. The Morgan fingerprint density at radius 3 is 2.73 bits per heavy atom. The minimum atomic E-state index is -0.0489. The van der Waals surface area contributed by atoms with E-state index in [0.717, 1.165) is 22.5 Å². The average Bonchev–Trinajstić information content (AvgIpc) is 3.08. The van der Waals surface area contributed by atoms with E-state index in [2.05, 4.69) is 15.5 Å². The molecular weight excluding hydrogens is 418 g/mol. The fraction of sp³-hybridized carbons (Fsp3) is 0.318. The van der Waals surface area contributed by atoms with Crippen molar-refractivity contribution in [1.29, 1.82) is 0 Å². The summed E-state index contributed by atoms with van der Waals surface area (Å²) in [5, 5.41) is 10.9. The number of likely N-dealkylation sites (N-methyl/N-ethyl adjacent to an activating group) is 1. The molecule has 0 saturated carbocycles. The van der Waals surface area contributed by atoms with Gasteiger partial charge in [0.25, 0.3) is 0 Å². The van der Waals surface area contributed by atoms with Crippen molar-refractivity contribution in [3.05, 3.63) is 69.5 Å². The normalized spacial score (nSPS) is 12.2. The van der Waals surface area contributed by atoms with Crippen LogP contribution >= 0.6 is 23.8 Å². The van der Waals surface area contributed by atoms with Gasteiger partial charge in [-0.3, -0.25) is 14.5 Å². The Morgan fingerprint density at radius 1 is 1.27 bits per heavy atom. The largest absolute Gasteiger partial charge is 0.354 e. The van der Waals surface area contributed by atoms with Gasteiger partial charge in [0.05, 0.1) is 6.04 Å². The third-order valence-electron chi connectivity index (χ3n) is 4.98. The number of aryl methyl sites for hydroxylation is 1. The van der Waals surface area contributed by atoms with Crippen molar-refractivity contribution in [3.8, 4) is 11.4 Å². The van der Waals surface area contributed by atoms with Crippen LogP contribution in [0, 0.1) is 11.7 Å². The van der Waals surface area contributed by atoms with E-state index < -0.39 is 0 Å². The number of carbonyl (C=O) groups excluding carboxylic acids is 1. The van der Waals surface area contributed by atoms with Crippen LogP contribution in [0.2, 0.25) is 5.02 Å². The summed E-state index contributed by atoms with van der Waals surface area (Å²) in [5.41, 5.74) is 3.09. The molecule has 2 N–H and O–H groups in total. The van der Waals surface area contributed by atoms with Crippen molar-refractivity contribution >= 4 is 29.7 Å². The molecule has 0 fully saturated rings. The van der Waals surface area contributed by atoms with Crippen LogP contribution in [0.15, 0.2) is 48.5 Å². The Kier molecular flexibility index (Phi) is 7.42. The maximum Gasteiger partial charge on any atom is 0.221 e. The Labute approximate surface area is 186 Å². The molecule has 0 aliphatic rings. The molecule has 3 rings (SSSR count). The van der Waals surface area contributed by atoms with E-state index in [-0.39, 0.29) is 11.9 Å². The number of nitrogens with zero attached hydrogens (tertiary/aromatic N) is 3. The first kappa shape index (κ1) is 22.2. The second-order valence-electron chi connectivity index (χ2n) is 7.43. The molecule has 0 aliphatic carbocycles. The van der Waals surface area contributed by atoms with E-state index in [9.17, 15) is 4.79 Å². The van der Waals surface area contributed by atoms with Crippen molar-refractivity contribution in [1.82, 2.24) is 25.0 Å². The first-order chi connectivity index (χ1) is 14.4. The van der Waals surface area contributed by atoms with Gasteiger partial charge in [0.2, 0.25) is 5.91 Å². The lowest BCUT2D eigenvalue weighted by atomic mass is 10.1. The number of hydrogen-bond acceptors (Lipinski definition) is 4. The molecular formula is C22H26ClN5OS. The highest BCUT2D eigenvalue weighted by atomic mass is 35.5. The van der Waals surface area contributed by atoms with E-state index in [4.69, 9.17) is 23.8 Å². The molecule has 0 radical (unpaired) electrons. The summed E-state index contributed by atoms with van der Waals surface area (Å²) in [6.07, 6.45) is 0.301. The van der Waals surface area contributed by atoms with Gasteiger partial charge in [-0.2, -0.15) is 5.10 Å². The Morgan fingerprint density at radius 2 is 2.03 bits per heavy atom. The number of H-pyrrole nitrogens is 1. The van der Waals surface area contributed by atoms with Crippen LogP contribution in [-0.2, 0) is 11.3 Å². The summed E-state index contributed by atoms with van der Waals surface area (Å²) in [5.74, 6) is 0.686. The predicted molar refractivity (Wildman–Crippen MR) is 123 cm³/mol. The highest BCUT2D eigenvalue weighted by Crippen LogP contribution is 2.25. The number of amides is 1. The molecule has 1 amide bonds. The zero-order chi connectivity index (χ0) is 21.7. The Bertz CT molecular complexity index is 1080. The molecule has 158 valence electrons. The monoisotopic (exact) mass is 443 g/mol. The molecule has 0 unspecified atom stereocenters. The molecule has 0 saturated heterocycles. The minimum Gasteiger partial charge on any atom is -0.354 e. The fourth-order valence-electron chi connectivity index (χ4n) is 3.36. The van der Waals surface area contributed by atoms with Crippen molar-refractivity contribution in [2.75, 3.05) is 20.6 Å². The third-order valence-corrected chi connectivity index (χ3v) is 5.63. The molecule has 3 aromatic rings. The lowest BCUT2D eigenvalue weighted by molar-refractivity contribution is -0.121. The number of rotatable bonds is 8. The summed E-state index contributed by atoms with van der Waals surface area (Å²) in [6.45, 7) is 2.95. The molecule has 30 heavy (non-hydrogen) atoms. The lowest BCUT2D eigenvalue weighted by Gasteiger charge is -2.26. The second kappa shape index (κ2) is 10.0. The molecule has 8 heteroatoms. The van der Waals surface area contributed by atoms with Crippen molar-refractivity contribution in [2.45, 2.75) is 25.9 Å². The number of halogens is 1.